The maximum absolute atomic E-state index is 9.16. The molecule has 3 aliphatic rings. The molecular formula is C30H47N5. The van der Waals surface area contributed by atoms with Crippen LogP contribution in [-0.2, 0) is 6.42 Å². The molecule has 1 saturated heterocycles. The van der Waals surface area contributed by atoms with Crippen molar-refractivity contribution in [2.75, 3.05) is 18.9 Å². The lowest BCUT2D eigenvalue weighted by molar-refractivity contribution is 0.296. The largest absolute Gasteiger partial charge is 0.367 e. The number of aromatic nitrogens is 2. The topological polar surface area (TPSA) is 64.9 Å². The third-order valence-corrected chi connectivity index (χ3v) is 8.59. The second kappa shape index (κ2) is 12.3. The molecule has 0 spiro atoms. The number of hydrogen-bond acceptors (Lipinski definition) is 5. The van der Waals surface area contributed by atoms with Crippen molar-refractivity contribution in [1.82, 2.24) is 14.9 Å². The van der Waals surface area contributed by atoms with E-state index in [9.17, 15) is 0 Å². The molecule has 5 nitrogen and oxygen atoms in total. The first-order valence-corrected chi connectivity index (χ1v) is 14.3. The first kappa shape index (κ1) is 26.1. The molecule has 35 heavy (non-hydrogen) atoms. The van der Waals surface area contributed by atoms with E-state index in [1.54, 1.807) is 0 Å². The van der Waals surface area contributed by atoms with Crippen LogP contribution < -0.4 is 5.32 Å². The molecule has 0 radical (unpaired) electrons. The maximum Gasteiger partial charge on any atom is 0.157 e. The van der Waals surface area contributed by atoms with Crippen molar-refractivity contribution in [3.05, 3.63) is 35.3 Å². The second-order valence-corrected chi connectivity index (χ2v) is 11.2. The number of aryl methyl sites for hydroxylation is 1. The van der Waals surface area contributed by atoms with Crippen molar-refractivity contribution in [2.24, 2.45) is 5.92 Å². The van der Waals surface area contributed by atoms with E-state index in [0.717, 1.165) is 72.7 Å². The molecule has 1 aromatic heterocycles. The first-order chi connectivity index (χ1) is 17.0. The average Bonchev–Trinajstić information content (AvgIpc) is 3.52. The van der Waals surface area contributed by atoms with Gasteiger partial charge in [-0.25, -0.2) is 9.97 Å². The summed E-state index contributed by atoms with van der Waals surface area (Å²) in [5.41, 5.74) is 5.37. The molecule has 2 aliphatic carbocycles. The van der Waals surface area contributed by atoms with Gasteiger partial charge in [0.2, 0.25) is 0 Å². The van der Waals surface area contributed by atoms with Crippen LogP contribution >= 0.6 is 0 Å². The van der Waals surface area contributed by atoms with Gasteiger partial charge in [0, 0.05) is 35.5 Å². The molecule has 2 atom stereocenters. The zero-order chi connectivity index (χ0) is 24.8. The monoisotopic (exact) mass is 477 g/mol. The van der Waals surface area contributed by atoms with Gasteiger partial charge in [-0.1, -0.05) is 44.8 Å². The van der Waals surface area contributed by atoms with Crippen LogP contribution in [0.3, 0.4) is 0 Å². The van der Waals surface area contributed by atoms with Crippen molar-refractivity contribution < 1.29 is 0 Å². The Labute approximate surface area is 213 Å². The molecule has 0 aromatic carbocycles. The second-order valence-electron chi connectivity index (χ2n) is 11.2. The summed E-state index contributed by atoms with van der Waals surface area (Å²) in [5, 5.41) is 12.9. The lowest BCUT2D eigenvalue weighted by Gasteiger charge is -2.27. The van der Waals surface area contributed by atoms with Crippen molar-refractivity contribution in [3.63, 3.8) is 0 Å². The molecule has 192 valence electrons. The third-order valence-electron chi connectivity index (χ3n) is 8.59. The molecule has 2 N–H and O–H groups in total. The van der Waals surface area contributed by atoms with Gasteiger partial charge in [0.25, 0.3) is 0 Å². The predicted molar refractivity (Wildman–Crippen MR) is 148 cm³/mol. The van der Waals surface area contributed by atoms with E-state index in [4.69, 9.17) is 15.4 Å². The fraction of sp³-hybridized carbons (Fsp3) is 0.700. The summed E-state index contributed by atoms with van der Waals surface area (Å²) in [6, 6.07) is 3.38. The highest BCUT2D eigenvalue weighted by molar-refractivity contribution is 6.06. The van der Waals surface area contributed by atoms with Crippen LogP contribution in [0.15, 0.2) is 23.8 Å². The molecule has 1 unspecified atom stereocenters. The molecule has 1 aliphatic heterocycles. The molecule has 0 amide bonds. The molecule has 1 aromatic rings. The summed E-state index contributed by atoms with van der Waals surface area (Å²) >= 11 is 0. The number of hydrogen-bond donors (Lipinski definition) is 2. The van der Waals surface area contributed by atoms with Crippen LogP contribution in [0, 0.1) is 11.3 Å². The van der Waals surface area contributed by atoms with Crippen molar-refractivity contribution in [2.45, 2.75) is 116 Å². The number of anilines is 1. The van der Waals surface area contributed by atoms with E-state index in [1.165, 1.54) is 63.5 Å². The Bertz CT molecular complexity index is 927. The maximum atomic E-state index is 9.16. The van der Waals surface area contributed by atoms with E-state index < -0.39 is 0 Å². The Hall–Kier alpha value is -2.01. The fourth-order valence-electron chi connectivity index (χ4n) is 6.35. The van der Waals surface area contributed by atoms with Gasteiger partial charge in [0.15, 0.2) is 5.82 Å². The summed E-state index contributed by atoms with van der Waals surface area (Å²) in [6.45, 7) is 9.90. The van der Waals surface area contributed by atoms with E-state index in [0.29, 0.717) is 12.1 Å². The third kappa shape index (κ3) is 6.61. The van der Waals surface area contributed by atoms with Gasteiger partial charge < -0.3 is 15.6 Å². The zero-order valence-electron chi connectivity index (χ0n) is 22.5. The molecule has 5 heteroatoms. The van der Waals surface area contributed by atoms with Crippen LogP contribution in [-0.4, -0.2) is 46.3 Å². The number of nitrogens with one attached hydrogen (secondary N) is 2. The number of rotatable bonds is 10. The Morgan fingerprint density at radius 2 is 1.89 bits per heavy atom. The van der Waals surface area contributed by atoms with Crippen molar-refractivity contribution >= 4 is 17.1 Å². The molecule has 2 heterocycles. The standard InChI is InChI=1S/C30H47N5/c1-5-11-27(29(31)26-16-9-6-12-21(26)2)22(3)30-33-24(17-18-25-15-10-19-35(25)4)20-28(34-30)32-23-13-7-8-14-23/h20,23,25-26,31H,2,5-19H2,1,3-4H3,(H,32,33,34)/b27-22+,31-29?/t25-,26?/m0/s1. The van der Waals surface area contributed by atoms with Crippen LogP contribution in [0.5, 0.6) is 0 Å². The highest BCUT2D eigenvalue weighted by atomic mass is 15.1. The Morgan fingerprint density at radius 3 is 2.57 bits per heavy atom. The number of likely N-dealkylation sites (tertiary alicyclic amines) is 1. The Balaban J connectivity index is 1.63. The highest BCUT2D eigenvalue weighted by Crippen LogP contribution is 2.34. The summed E-state index contributed by atoms with van der Waals surface area (Å²) in [5.74, 6) is 1.98. The number of nitrogens with zero attached hydrogens (tertiary/aromatic N) is 3. The van der Waals surface area contributed by atoms with Gasteiger partial charge in [0.1, 0.15) is 5.82 Å². The van der Waals surface area contributed by atoms with Gasteiger partial charge >= 0.3 is 0 Å². The normalized spacial score (nSPS) is 24.6. The quantitative estimate of drug-likeness (QED) is 0.276. The van der Waals surface area contributed by atoms with Gasteiger partial charge in [-0.15, -0.1) is 0 Å². The summed E-state index contributed by atoms with van der Waals surface area (Å²) < 4.78 is 0. The van der Waals surface area contributed by atoms with E-state index in [2.05, 4.69) is 43.8 Å². The smallest absolute Gasteiger partial charge is 0.157 e. The van der Waals surface area contributed by atoms with Gasteiger partial charge in [-0.05, 0) is 95.9 Å². The van der Waals surface area contributed by atoms with E-state index in [1.807, 2.05) is 0 Å². The van der Waals surface area contributed by atoms with E-state index in [-0.39, 0.29) is 5.92 Å². The summed E-state index contributed by atoms with van der Waals surface area (Å²) in [7, 11) is 2.25. The molecular weight excluding hydrogens is 430 g/mol. The zero-order valence-corrected chi connectivity index (χ0v) is 22.5. The van der Waals surface area contributed by atoms with Gasteiger partial charge in [-0.2, -0.15) is 0 Å². The first-order valence-electron chi connectivity index (χ1n) is 14.3. The minimum atomic E-state index is 0.192. The lowest BCUT2D eigenvalue weighted by Crippen LogP contribution is -2.25. The van der Waals surface area contributed by atoms with Crippen LogP contribution in [0.25, 0.3) is 5.57 Å². The molecule has 0 bridgehead atoms. The summed E-state index contributed by atoms with van der Waals surface area (Å²) in [6.07, 6.45) is 16.3. The predicted octanol–water partition coefficient (Wildman–Crippen LogP) is 7.20. The summed E-state index contributed by atoms with van der Waals surface area (Å²) in [4.78, 5) is 12.6. The van der Waals surface area contributed by atoms with Crippen LogP contribution in [0.2, 0.25) is 0 Å². The Kier molecular flexibility index (Phi) is 9.16. The van der Waals surface area contributed by atoms with Gasteiger partial charge in [0.05, 0.1) is 0 Å². The fourth-order valence-corrected chi connectivity index (χ4v) is 6.35. The minimum Gasteiger partial charge on any atom is -0.367 e. The van der Waals surface area contributed by atoms with Gasteiger partial charge in [-0.3, -0.25) is 0 Å². The Morgan fingerprint density at radius 1 is 1.11 bits per heavy atom. The van der Waals surface area contributed by atoms with Crippen molar-refractivity contribution in [3.8, 4) is 0 Å². The van der Waals surface area contributed by atoms with Crippen LogP contribution in [0.1, 0.15) is 109 Å². The molecule has 2 saturated carbocycles. The minimum absolute atomic E-state index is 0.192. The van der Waals surface area contributed by atoms with Crippen molar-refractivity contribution in [1.29, 1.82) is 5.41 Å². The van der Waals surface area contributed by atoms with Crippen LogP contribution in [0.4, 0.5) is 5.82 Å². The number of allylic oxidation sites excluding steroid dienone is 3. The SMILES string of the molecule is C=C1CCCCC1C(=N)/C(CCC)=C(\C)c1nc(CC[C@@H]2CCCN2C)cc(NC2CCCC2)n1. The lowest BCUT2D eigenvalue weighted by atomic mass is 9.78. The highest BCUT2D eigenvalue weighted by Gasteiger charge is 2.26. The average molecular weight is 478 g/mol. The molecule has 3 fully saturated rings. The van der Waals surface area contributed by atoms with E-state index >= 15 is 0 Å². The molecule has 4 rings (SSSR count).